The van der Waals surface area contributed by atoms with Gasteiger partial charge in [0.25, 0.3) is 5.91 Å². The molecule has 3 amide bonds. The summed E-state index contributed by atoms with van der Waals surface area (Å²) in [5, 5.41) is 2.83. The average Bonchev–Trinajstić information content (AvgIpc) is 2.80. The van der Waals surface area contributed by atoms with Crippen molar-refractivity contribution >= 4 is 23.5 Å². The van der Waals surface area contributed by atoms with E-state index in [1.54, 1.807) is 12.2 Å². The van der Waals surface area contributed by atoms with Crippen molar-refractivity contribution in [1.29, 1.82) is 0 Å². The Morgan fingerprint density at radius 3 is 2.62 bits per heavy atom. The van der Waals surface area contributed by atoms with Gasteiger partial charge in [0.15, 0.2) is 0 Å². The number of nitrogens with one attached hydrogen (secondary N) is 1. The maximum atomic E-state index is 12.1. The lowest BCUT2D eigenvalue weighted by atomic mass is 9.98. The average molecular weight is 243 g/mol. The normalized spacial score (nSPS) is 23.7. The van der Waals surface area contributed by atoms with Gasteiger partial charge in [-0.05, 0) is 12.8 Å². The van der Waals surface area contributed by atoms with Crippen molar-refractivity contribution in [1.82, 2.24) is 10.2 Å². The molecule has 0 radical (unpaired) electrons. The zero-order valence-corrected chi connectivity index (χ0v) is 9.79. The molecule has 0 atom stereocenters. The van der Waals surface area contributed by atoms with Gasteiger partial charge in [-0.3, -0.25) is 9.69 Å². The number of carbonyl (C=O) groups is 2. The van der Waals surface area contributed by atoms with E-state index in [0.717, 1.165) is 25.7 Å². The van der Waals surface area contributed by atoms with E-state index in [1.807, 2.05) is 0 Å². The van der Waals surface area contributed by atoms with Crippen LogP contribution in [0.25, 0.3) is 0 Å². The molecule has 0 bridgehead atoms. The minimum atomic E-state index is -0.591. The molecule has 1 aliphatic heterocycles. The third-order valence-corrected chi connectivity index (χ3v) is 3.42. The summed E-state index contributed by atoms with van der Waals surface area (Å²) in [4.78, 5) is 25.0. The van der Waals surface area contributed by atoms with Crippen LogP contribution in [0.15, 0.2) is 12.2 Å². The highest BCUT2D eigenvalue weighted by atomic mass is 35.5. The number of hydrogen-bond acceptors (Lipinski definition) is 2. The molecule has 16 heavy (non-hydrogen) atoms. The van der Waals surface area contributed by atoms with Crippen LogP contribution >= 0.6 is 11.6 Å². The Balaban J connectivity index is 2.07. The van der Waals surface area contributed by atoms with Crippen LogP contribution in [0.4, 0.5) is 4.79 Å². The van der Waals surface area contributed by atoms with Gasteiger partial charge in [-0.1, -0.05) is 25.0 Å². The summed E-state index contributed by atoms with van der Waals surface area (Å²) in [6.45, 7) is 0.319. The molecule has 2 aliphatic rings. The van der Waals surface area contributed by atoms with Gasteiger partial charge >= 0.3 is 6.03 Å². The number of hydrogen-bond donors (Lipinski definition) is 1. The Morgan fingerprint density at radius 1 is 1.31 bits per heavy atom. The molecular weight excluding hydrogens is 228 g/mol. The van der Waals surface area contributed by atoms with Crippen molar-refractivity contribution in [2.75, 3.05) is 12.4 Å². The Bertz CT molecular complexity index is 335. The van der Waals surface area contributed by atoms with Crippen LogP contribution in [0.3, 0.4) is 0 Å². The second kappa shape index (κ2) is 4.45. The molecule has 5 heteroatoms. The van der Waals surface area contributed by atoms with Gasteiger partial charge in [-0.25, -0.2) is 4.79 Å². The maximum absolute atomic E-state index is 12.1. The summed E-state index contributed by atoms with van der Waals surface area (Å²) in [7, 11) is 0. The van der Waals surface area contributed by atoms with Gasteiger partial charge < -0.3 is 5.32 Å². The second-order valence-corrected chi connectivity index (χ2v) is 4.57. The number of halogens is 1. The second-order valence-electron chi connectivity index (χ2n) is 4.26. The Kier molecular flexibility index (Phi) is 3.19. The Hall–Kier alpha value is -1.03. The van der Waals surface area contributed by atoms with Crippen LogP contribution in [0.2, 0.25) is 0 Å². The zero-order valence-electron chi connectivity index (χ0n) is 9.04. The SMILES string of the molecule is O=C1NC2(CCCC2)C(=O)N1CC=CCCl. The quantitative estimate of drug-likeness (QED) is 0.465. The van der Waals surface area contributed by atoms with Gasteiger partial charge in [0.1, 0.15) is 5.54 Å². The molecule has 0 aromatic heterocycles. The van der Waals surface area contributed by atoms with Gasteiger partial charge in [-0.15, -0.1) is 11.6 Å². The first-order chi connectivity index (χ1) is 7.69. The lowest BCUT2D eigenvalue weighted by Crippen LogP contribution is -2.44. The van der Waals surface area contributed by atoms with E-state index in [-0.39, 0.29) is 11.9 Å². The van der Waals surface area contributed by atoms with Crippen molar-refractivity contribution < 1.29 is 9.59 Å². The summed E-state index contributed by atoms with van der Waals surface area (Å²) in [6, 6.07) is -0.272. The largest absolute Gasteiger partial charge is 0.325 e. The van der Waals surface area contributed by atoms with Crippen LogP contribution in [0.5, 0.6) is 0 Å². The zero-order chi connectivity index (χ0) is 11.6. The minimum absolute atomic E-state index is 0.0748. The molecule has 0 aromatic rings. The van der Waals surface area contributed by atoms with Crippen molar-refractivity contribution in [2.45, 2.75) is 31.2 Å². The summed E-state index contributed by atoms with van der Waals surface area (Å²) in [5.74, 6) is 0.323. The van der Waals surface area contributed by atoms with Crippen molar-refractivity contribution in [3.63, 3.8) is 0 Å². The van der Waals surface area contributed by atoms with Gasteiger partial charge in [0, 0.05) is 12.4 Å². The fourth-order valence-electron chi connectivity index (χ4n) is 2.40. The van der Waals surface area contributed by atoms with E-state index >= 15 is 0 Å². The van der Waals surface area contributed by atoms with Crippen LogP contribution in [0, 0.1) is 0 Å². The molecule has 1 saturated carbocycles. The summed E-state index contributed by atoms with van der Waals surface area (Å²) >= 11 is 5.49. The number of urea groups is 1. The van der Waals surface area contributed by atoms with Crippen LogP contribution < -0.4 is 5.32 Å². The lowest BCUT2D eigenvalue weighted by molar-refractivity contribution is -0.130. The van der Waals surface area contributed by atoms with Crippen molar-refractivity contribution in [3.05, 3.63) is 12.2 Å². The molecular formula is C11H15ClN2O2. The molecule has 2 rings (SSSR count). The predicted molar refractivity (Wildman–Crippen MR) is 61.3 cm³/mol. The van der Waals surface area contributed by atoms with E-state index in [0.29, 0.717) is 12.4 Å². The molecule has 2 fully saturated rings. The molecule has 1 saturated heterocycles. The topological polar surface area (TPSA) is 49.4 Å². The molecule has 1 N–H and O–H groups in total. The highest BCUT2D eigenvalue weighted by molar-refractivity contribution is 6.18. The van der Waals surface area contributed by atoms with E-state index in [2.05, 4.69) is 5.32 Å². The number of alkyl halides is 1. The standard InChI is InChI=1S/C11H15ClN2O2/c12-7-3-4-8-14-9(15)11(13-10(14)16)5-1-2-6-11/h3-4H,1-2,5-8H2,(H,13,16). The van der Waals surface area contributed by atoms with Crippen molar-refractivity contribution in [3.8, 4) is 0 Å². The number of carbonyl (C=O) groups excluding carboxylic acids is 2. The van der Waals surface area contributed by atoms with Crippen LogP contribution in [-0.2, 0) is 4.79 Å². The highest BCUT2D eigenvalue weighted by Crippen LogP contribution is 2.34. The third kappa shape index (κ3) is 1.82. The fraction of sp³-hybridized carbons (Fsp3) is 0.636. The number of allylic oxidation sites excluding steroid dienone is 1. The summed E-state index contributed by atoms with van der Waals surface area (Å²) in [5.41, 5.74) is -0.591. The number of rotatable bonds is 3. The molecule has 1 heterocycles. The van der Waals surface area contributed by atoms with E-state index in [1.165, 1.54) is 4.90 Å². The first-order valence-electron chi connectivity index (χ1n) is 5.55. The van der Waals surface area contributed by atoms with E-state index in [4.69, 9.17) is 11.6 Å². The monoisotopic (exact) mass is 242 g/mol. The highest BCUT2D eigenvalue weighted by Gasteiger charge is 2.51. The van der Waals surface area contributed by atoms with Crippen LogP contribution in [0.1, 0.15) is 25.7 Å². The molecule has 0 aromatic carbocycles. The summed E-state index contributed by atoms with van der Waals surface area (Å²) in [6.07, 6.45) is 7.05. The number of amides is 3. The van der Waals surface area contributed by atoms with E-state index < -0.39 is 5.54 Å². The molecule has 1 spiro atoms. The maximum Gasteiger partial charge on any atom is 0.325 e. The first-order valence-corrected chi connectivity index (χ1v) is 6.08. The minimum Gasteiger partial charge on any atom is -0.323 e. The third-order valence-electron chi connectivity index (χ3n) is 3.25. The van der Waals surface area contributed by atoms with Crippen molar-refractivity contribution in [2.24, 2.45) is 0 Å². The number of nitrogens with zero attached hydrogens (tertiary/aromatic N) is 1. The molecule has 1 aliphatic carbocycles. The van der Waals surface area contributed by atoms with Crippen LogP contribution in [-0.4, -0.2) is 34.8 Å². The van der Waals surface area contributed by atoms with E-state index in [9.17, 15) is 9.59 Å². The summed E-state index contributed by atoms with van der Waals surface area (Å²) < 4.78 is 0. The predicted octanol–water partition coefficient (Wildman–Crippen LogP) is 1.65. The first kappa shape index (κ1) is 11.5. The van der Waals surface area contributed by atoms with Gasteiger partial charge in [-0.2, -0.15) is 0 Å². The lowest BCUT2D eigenvalue weighted by Gasteiger charge is -2.19. The fourth-order valence-corrected chi connectivity index (χ4v) is 2.53. The van der Waals surface area contributed by atoms with Gasteiger partial charge in [0.05, 0.1) is 0 Å². The Labute approximate surface area is 99.6 Å². The Morgan fingerprint density at radius 2 is 2.00 bits per heavy atom. The molecule has 0 unspecified atom stereocenters. The molecule has 4 nitrogen and oxygen atoms in total. The smallest absolute Gasteiger partial charge is 0.323 e. The van der Waals surface area contributed by atoms with Gasteiger partial charge in [0.2, 0.25) is 0 Å². The molecule has 88 valence electrons. The number of imide groups is 1.